The van der Waals surface area contributed by atoms with E-state index in [1.807, 2.05) is 18.5 Å². The fourth-order valence-corrected chi connectivity index (χ4v) is 9.35. The third-order valence-corrected chi connectivity index (χ3v) is 12.2. The van der Waals surface area contributed by atoms with Gasteiger partial charge in [0.15, 0.2) is 5.58 Å². The van der Waals surface area contributed by atoms with Crippen molar-refractivity contribution in [2.75, 3.05) is 9.80 Å². The fraction of sp³-hybridized carbons (Fsp3) is 0. The largest absolute Gasteiger partial charge is 0.454 e. The minimum atomic E-state index is 0.804. The lowest BCUT2D eigenvalue weighted by Gasteiger charge is -2.29. The Balaban J connectivity index is 1.13. The number of aromatic nitrogens is 2. The highest BCUT2D eigenvalue weighted by atomic mass is 16.3. The lowest BCUT2D eigenvalue weighted by atomic mass is 9.99. The first-order chi connectivity index (χ1) is 31.8. The topological polar surface area (TPSA) is 37.4 Å². The summed E-state index contributed by atoms with van der Waals surface area (Å²) in [7, 11) is 0. The van der Waals surface area contributed by atoms with Crippen LogP contribution in [0.15, 0.2) is 247 Å². The van der Waals surface area contributed by atoms with Crippen LogP contribution in [0.3, 0.4) is 0 Å². The number of pyridine rings is 1. The van der Waals surface area contributed by atoms with E-state index in [9.17, 15) is 0 Å². The summed E-state index contributed by atoms with van der Waals surface area (Å²) < 4.78 is 9.41. The number of hydrogen-bond donors (Lipinski definition) is 0. The Morgan fingerprint density at radius 1 is 0.391 bits per heavy atom. The molecule has 0 N–H and O–H groups in total. The zero-order valence-corrected chi connectivity index (χ0v) is 34.8. The highest BCUT2D eigenvalue weighted by Gasteiger charge is 2.25. The zero-order valence-electron chi connectivity index (χ0n) is 34.8. The van der Waals surface area contributed by atoms with E-state index < -0.39 is 0 Å². The summed E-state index contributed by atoms with van der Waals surface area (Å²) in [5.74, 6) is 0. The minimum absolute atomic E-state index is 0.804. The van der Waals surface area contributed by atoms with Crippen LogP contribution in [-0.4, -0.2) is 9.55 Å². The Hall–Kier alpha value is -8.67. The molecule has 0 aliphatic heterocycles. The molecule has 0 aliphatic carbocycles. The van der Waals surface area contributed by atoms with E-state index in [0.29, 0.717) is 0 Å². The minimum Gasteiger partial charge on any atom is -0.454 e. The Kier molecular flexibility index (Phi) is 9.08. The molecule has 0 radical (unpaired) electrons. The lowest BCUT2D eigenvalue weighted by molar-refractivity contribution is 0.669. The molecule has 302 valence electrons. The molecule has 5 nitrogen and oxygen atoms in total. The standard InChI is InChI=1S/C59H40N4O/c1-5-17-41(18-6-1)42-30-33-47(34-31-42)61(44-19-7-2-8-20-44)49-38-54-53-37-43(50-27-15-28-52-51-26-13-14-29-55(51)63(58(50)52)48-25-16-36-60-40-48)32-35-57(53)64-59(54)56(39-49)62(45-21-9-3-10-22-45)46-23-11-4-12-24-46/h1-40H. The van der Waals surface area contributed by atoms with Crippen molar-refractivity contribution in [1.82, 2.24) is 9.55 Å². The first-order valence-corrected chi connectivity index (χ1v) is 21.6. The molecule has 64 heavy (non-hydrogen) atoms. The Bertz CT molecular complexity index is 3550. The van der Waals surface area contributed by atoms with Crippen LogP contribution in [0.5, 0.6) is 0 Å². The quantitative estimate of drug-likeness (QED) is 0.145. The molecule has 0 fully saturated rings. The number of hydrogen-bond acceptors (Lipinski definition) is 4. The van der Waals surface area contributed by atoms with Crippen molar-refractivity contribution in [3.63, 3.8) is 0 Å². The summed E-state index contributed by atoms with van der Waals surface area (Å²) in [5.41, 5.74) is 15.6. The molecule has 0 unspecified atom stereocenters. The number of fused-ring (bicyclic) bond motifs is 6. The molecule has 12 rings (SSSR count). The Morgan fingerprint density at radius 3 is 1.67 bits per heavy atom. The summed E-state index contributed by atoms with van der Waals surface area (Å²) >= 11 is 0. The van der Waals surface area contributed by atoms with Crippen molar-refractivity contribution >= 4 is 77.9 Å². The number of rotatable bonds is 9. The van der Waals surface area contributed by atoms with Crippen LogP contribution in [0, 0.1) is 0 Å². The predicted octanol–water partition coefficient (Wildman–Crippen LogP) is 16.4. The summed E-state index contributed by atoms with van der Waals surface area (Å²) in [4.78, 5) is 9.19. The SMILES string of the molecule is c1ccc(-c2ccc(N(c3ccccc3)c3cc(N(c4ccccc4)c4ccccc4)c4oc5ccc(-c6cccc7c8ccccc8n(-c8cccnc8)c67)cc5c4c3)cc2)cc1. The molecule has 9 aromatic carbocycles. The predicted molar refractivity (Wildman–Crippen MR) is 266 cm³/mol. The molecule has 0 spiro atoms. The summed E-state index contributed by atoms with van der Waals surface area (Å²) in [5, 5.41) is 4.44. The molecule has 0 atom stereocenters. The van der Waals surface area contributed by atoms with Gasteiger partial charge in [-0.25, -0.2) is 0 Å². The van der Waals surface area contributed by atoms with Gasteiger partial charge in [0.05, 0.1) is 28.6 Å². The Labute approximate surface area is 371 Å². The highest BCUT2D eigenvalue weighted by Crippen LogP contribution is 2.48. The average molecular weight is 821 g/mol. The van der Waals surface area contributed by atoms with Gasteiger partial charge >= 0.3 is 0 Å². The van der Waals surface area contributed by atoms with Crippen LogP contribution in [0.4, 0.5) is 34.1 Å². The lowest BCUT2D eigenvalue weighted by Crippen LogP contribution is -2.13. The molecular formula is C59H40N4O. The number of furan rings is 1. The molecule has 12 aromatic rings. The number of anilines is 6. The molecular weight excluding hydrogens is 781 g/mol. The van der Waals surface area contributed by atoms with E-state index in [0.717, 1.165) is 83.9 Å². The van der Waals surface area contributed by atoms with Gasteiger partial charge in [0.1, 0.15) is 5.58 Å². The van der Waals surface area contributed by atoms with Crippen LogP contribution >= 0.6 is 0 Å². The van der Waals surface area contributed by atoms with Crippen LogP contribution in [0.1, 0.15) is 0 Å². The smallest absolute Gasteiger partial charge is 0.159 e. The normalized spacial score (nSPS) is 11.4. The molecule has 3 heterocycles. The van der Waals surface area contributed by atoms with Gasteiger partial charge in [0, 0.05) is 61.7 Å². The third kappa shape index (κ3) is 6.38. The molecule has 3 aromatic heterocycles. The summed E-state index contributed by atoms with van der Waals surface area (Å²) in [6, 6.07) is 81.8. The second-order valence-electron chi connectivity index (χ2n) is 16.0. The molecule has 0 aliphatic rings. The van der Waals surface area contributed by atoms with Gasteiger partial charge < -0.3 is 18.8 Å². The second-order valence-corrected chi connectivity index (χ2v) is 16.0. The van der Waals surface area contributed by atoms with Gasteiger partial charge in [-0.2, -0.15) is 0 Å². The van der Waals surface area contributed by atoms with E-state index in [1.54, 1.807) is 0 Å². The van der Waals surface area contributed by atoms with Crippen molar-refractivity contribution in [3.05, 3.63) is 243 Å². The number of nitrogens with zero attached hydrogens (tertiary/aromatic N) is 4. The Morgan fingerprint density at radius 2 is 0.984 bits per heavy atom. The monoisotopic (exact) mass is 820 g/mol. The van der Waals surface area contributed by atoms with Gasteiger partial charge in [-0.15, -0.1) is 0 Å². The maximum atomic E-state index is 7.06. The maximum Gasteiger partial charge on any atom is 0.159 e. The average Bonchev–Trinajstić information content (AvgIpc) is 3.92. The fourth-order valence-electron chi connectivity index (χ4n) is 9.35. The van der Waals surface area contributed by atoms with E-state index in [2.05, 4.69) is 244 Å². The molecule has 0 saturated carbocycles. The van der Waals surface area contributed by atoms with Gasteiger partial charge in [0.2, 0.25) is 0 Å². The molecule has 0 amide bonds. The highest BCUT2D eigenvalue weighted by molar-refractivity contribution is 6.16. The van der Waals surface area contributed by atoms with E-state index in [4.69, 9.17) is 4.42 Å². The van der Waals surface area contributed by atoms with Crippen molar-refractivity contribution in [3.8, 4) is 27.9 Å². The van der Waals surface area contributed by atoms with Crippen molar-refractivity contribution in [2.45, 2.75) is 0 Å². The first-order valence-electron chi connectivity index (χ1n) is 21.6. The van der Waals surface area contributed by atoms with Crippen molar-refractivity contribution < 1.29 is 4.42 Å². The van der Waals surface area contributed by atoms with Crippen LogP contribution in [0.2, 0.25) is 0 Å². The van der Waals surface area contributed by atoms with Gasteiger partial charge in [-0.3, -0.25) is 4.98 Å². The second kappa shape index (κ2) is 15.7. The third-order valence-electron chi connectivity index (χ3n) is 12.2. The van der Waals surface area contributed by atoms with E-state index in [-0.39, 0.29) is 0 Å². The van der Waals surface area contributed by atoms with Gasteiger partial charge in [-0.1, -0.05) is 140 Å². The summed E-state index contributed by atoms with van der Waals surface area (Å²) in [6.45, 7) is 0. The van der Waals surface area contributed by atoms with Crippen LogP contribution in [-0.2, 0) is 0 Å². The molecule has 5 heteroatoms. The molecule has 0 bridgehead atoms. The van der Waals surface area contributed by atoms with Gasteiger partial charge in [0.25, 0.3) is 0 Å². The first kappa shape index (κ1) is 37.1. The van der Waals surface area contributed by atoms with Gasteiger partial charge in [-0.05, 0) is 108 Å². The van der Waals surface area contributed by atoms with Crippen molar-refractivity contribution in [2.24, 2.45) is 0 Å². The van der Waals surface area contributed by atoms with E-state index >= 15 is 0 Å². The molecule has 0 saturated heterocycles. The van der Waals surface area contributed by atoms with Crippen LogP contribution in [0.25, 0.3) is 71.7 Å². The summed E-state index contributed by atoms with van der Waals surface area (Å²) in [6.07, 6.45) is 3.77. The van der Waals surface area contributed by atoms with E-state index in [1.165, 1.54) is 21.9 Å². The maximum absolute atomic E-state index is 7.06. The van der Waals surface area contributed by atoms with Crippen LogP contribution < -0.4 is 9.80 Å². The van der Waals surface area contributed by atoms with Crippen molar-refractivity contribution in [1.29, 1.82) is 0 Å². The number of benzene rings is 9. The zero-order chi connectivity index (χ0) is 42.4. The number of para-hydroxylation sites is 5.